The van der Waals surface area contributed by atoms with Crippen LogP contribution < -0.4 is 0 Å². The summed E-state index contributed by atoms with van der Waals surface area (Å²) >= 11 is 0. The smallest absolute Gasteiger partial charge is 0.200 e. The summed E-state index contributed by atoms with van der Waals surface area (Å²) in [4.78, 5) is 37.9. The minimum atomic E-state index is 0.135. The zero-order chi connectivity index (χ0) is 24.7. The normalized spacial score (nSPS) is 10.2. The van der Waals surface area contributed by atoms with Gasteiger partial charge < -0.3 is 0 Å². The van der Waals surface area contributed by atoms with E-state index in [0.717, 1.165) is 0 Å². The maximum atomic E-state index is 8.49. The van der Waals surface area contributed by atoms with Crippen molar-refractivity contribution in [2.45, 2.75) is 0 Å². The molecule has 6 rings (SSSR count). The Morgan fingerprint density at radius 3 is 1.94 bits per heavy atom. The highest BCUT2D eigenvalue weighted by Gasteiger charge is 2.12. The summed E-state index contributed by atoms with van der Waals surface area (Å²) < 4.78 is 2.86. The summed E-state index contributed by atoms with van der Waals surface area (Å²) in [5.74, 6) is 0.921. The fraction of sp³-hybridized carbons (Fsp3) is 0. The standard InChI is InChI=1S/2C9H5N9/c10-17-16-7-9(14-4-2-12-7)18-8-6(5-15-18)11-1-3-13-8;10-17-15-8-9(14-4-3-13-8)18-5-6-7(16-18)12-2-1-11-6/h2*1-5H. The van der Waals surface area contributed by atoms with Gasteiger partial charge in [0.05, 0.1) is 12.4 Å². The molecule has 18 nitrogen and oxygen atoms in total. The number of rotatable bonds is 4. The fourth-order valence-electron chi connectivity index (χ4n) is 2.97. The molecule has 6 aromatic heterocycles. The number of azide groups is 2. The molecule has 0 amide bonds. The van der Waals surface area contributed by atoms with Gasteiger partial charge in [-0.15, -0.1) is 5.10 Å². The largest absolute Gasteiger partial charge is 0.250 e. The number of aromatic nitrogens is 12. The van der Waals surface area contributed by atoms with E-state index in [4.69, 9.17) is 11.1 Å². The quantitative estimate of drug-likeness (QED) is 0.204. The average Bonchev–Trinajstić information content (AvgIpc) is 3.55. The van der Waals surface area contributed by atoms with E-state index < -0.39 is 0 Å². The van der Waals surface area contributed by atoms with E-state index in [1.54, 1.807) is 37.2 Å². The summed E-state index contributed by atoms with van der Waals surface area (Å²) in [6, 6.07) is 0. The first-order valence-corrected chi connectivity index (χ1v) is 9.82. The van der Waals surface area contributed by atoms with Crippen LogP contribution >= 0.6 is 0 Å². The Labute approximate surface area is 198 Å². The van der Waals surface area contributed by atoms with E-state index in [2.05, 4.69) is 70.1 Å². The lowest BCUT2D eigenvalue weighted by Gasteiger charge is -2.02. The van der Waals surface area contributed by atoms with Crippen molar-refractivity contribution in [3.63, 3.8) is 0 Å². The molecular weight excluding hydrogens is 468 g/mol. The van der Waals surface area contributed by atoms with Crippen molar-refractivity contribution < 1.29 is 0 Å². The maximum absolute atomic E-state index is 8.49. The Balaban J connectivity index is 0.000000148. The molecule has 0 aliphatic heterocycles. The third-order valence-corrected chi connectivity index (χ3v) is 4.37. The Kier molecular flexibility index (Phi) is 5.91. The number of nitrogens with zero attached hydrogens (tertiary/aromatic N) is 18. The zero-order valence-electron chi connectivity index (χ0n) is 17.8. The molecule has 0 saturated carbocycles. The van der Waals surface area contributed by atoms with Crippen LogP contribution in [0.4, 0.5) is 11.6 Å². The SMILES string of the molecule is [N-]=[N+]=Nc1nccnc1-n1cc2nccnc2n1.[N-]=[N+]=Nc1nccnc1-n1ncc2nccnc21. The summed E-state index contributed by atoms with van der Waals surface area (Å²) in [7, 11) is 0. The molecule has 6 aromatic rings. The van der Waals surface area contributed by atoms with Crippen LogP contribution in [0.5, 0.6) is 0 Å². The predicted octanol–water partition coefficient (Wildman–Crippen LogP) is 3.09. The van der Waals surface area contributed by atoms with Crippen LogP contribution in [0.15, 0.2) is 72.2 Å². The van der Waals surface area contributed by atoms with Gasteiger partial charge in [0.15, 0.2) is 34.6 Å². The third-order valence-electron chi connectivity index (χ3n) is 4.37. The summed E-state index contributed by atoms with van der Waals surface area (Å²) in [5, 5.41) is 15.2. The van der Waals surface area contributed by atoms with Crippen LogP contribution in [-0.4, -0.2) is 59.4 Å². The molecule has 0 bridgehead atoms. The molecule has 0 spiro atoms. The van der Waals surface area contributed by atoms with Gasteiger partial charge in [-0.05, 0) is 21.3 Å². The maximum Gasteiger partial charge on any atom is 0.200 e. The van der Waals surface area contributed by atoms with E-state index in [-0.39, 0.29) is 11.6 Å². The van der Waals surface area contributed by atoms with Crippen LogP contribution in [0.2, 0.25) is 0 Å². The van der Waals surface area contributed by atoms with Crippen molar-refractivity contribution in [2.24, 2.45) is 10.2 Å². The highest BCUT2D eigenvalue weighted by atomic mass is 15.4. The molecule has 172 valence electrons. The van der Waals surface area contributed by atoms with Crippen molar-refractivity contribution in [1.29, 1.82) is 0 Å². The number of fused-ring (bicyclic) bond motifs is 2. The van der Waals surface area contributed by atoms with Gasteiger partial charge in [-0.3, -0.25) is 0 Å². The van der Waals surface area contributed by atoms with Gasteiger partial charge in [-0.25, -0.2) is 44.6 Å². The highest BCUT2D eigenvalue weighted by Crippen LogP contribution is 2.20. The van der Waals surface area contributed by atoms with Crippen LogP contribution in [-0.2, 0) is 0 Å². The monoisotopic (exact) mass is 478 g/mol. The lowest BCUT2D eigenvalue weighted by Crippen LogP contribution is -2.01. The van der Waals surface area contributed by atoms with Gasteiger partial charge >= 0.3 is 0 Å². The average molecular weight is 478 g/mol. The molecule has 36 heavy (non-hydrogen) atoms. The minimum Gasteiger partial charge on any atom is -0.250 e. The van der Waals surface area contributed by atoms with Gasteiger partial charge in [0, 0.05) is 59.4 Å². The second kappa shape index (κ2) is 9.79. The number of hydrogen-bond donors (Lipinski definition) is 0. The van der Waals surface area contributed by atoms with Gasteiger partial charge in [0.1, 0.15) is 11.0 Å². The first-order chi connectivity index (χ1) is 17.8. The molecule has 0 unspecified atom stereocenters. The molecule has 0 N–H and O–H groups in total. The summed E-state index contributed by atoms with van der Waals surface area (Å²) in [5.41, 5.74) is 19.2. The number of hydrogen-bond acceptors (Lipinski definition) is 12. The second-order valence-corrected chi connectivity index (χ2v) is 6.45. The van der Waals surface area contributed by atoms with Gasteiger partial charge in [0.25, 0.3) is 0 Å². The fourth-order valence-corrected chi connectivity index (χ4v) is 2.97. The Bertz CT molecular complexity index is 1730. The van der Waals surface area contributed by atoms with Gasteiger partial charge in [-0.1, -0.05) is 0 Å². The third kappa shape index (κ3) is 4.25. The first-order valence-electron chi connectivity index (χ1n) is 9.82. The molecule has 6 heterocycles. The molecule has 0 radical (unpaired) electrons. The Hall–Kier alpha value is -6.12. The van der Waals surface area contributed by atoms with Gasteiger partial charge in [-0.2, -0.15) is 9.78 Å². The van der Waals surface area contributed by atoms with Crippen molar-refractivity contribution in [3.8, 4) is 11.6 Å². The van der Waals surface area contributed by atoms with Crippen molar-refractivity contribution in [3.05, 3.63) is 82.9 Å². The van der Waals surface area contributed by atoms with Crippen LogP contribution in [0.3, 0.4) is 0 Å². The summed E-state index contributed by atoms with van der Waals surface area (Å²) in [6.45, 7) is 0. The Morgan fingerprint density at radius 2 is 1.22 bits per heavy atom. The lowest BCUT2D eigenvalue weighted by atomic mass is 10.5. The van der Waals surface area contributed by atoms with Gasteiger partial charge in [0.2, 0.25) is 0 Å². The molecular formula is C18H10N18. The van der Waals surface area contributed by atoms with Crippen molar-refractivity contribution in [1.82, 2.24) is 59.4 Å². The van der Waals surface area contributed by atoms with E-state index >= 15 is 0 Å². The minimum absolute atomic E-state index is 0.135. The first kappa shape index (κ1) is 21.7. The molecule has 0 fully saturated rings. The van der Waals surface area contributed by atoms with Crippen LogP contribution in [0.1, 0.15) is 0 Å². The molecule has 0 aromatic carbocycles. The van der Waals surface area contributed by atoms with E-state index in [9.17, 15) is 0 Å². The lowest BCUT2D eigenvalue weighted by molar-refractivity contribution is 0.845. The van der Waals surface area contributed by atoms with Crippen molar-refractivity contribution >= 4 is 34.0 Å². The molecule has 0 saturated heterocycles. The molecule has 0 aliphatic carbocycles. The Morgan fingerprint density at radius 1 is 0.639 bits per heavy atom. The van der Waals surface area contributed by atoms with E-state index in [0.29, 0.717) is 34.0 Å². The van der Waals surface area contributed by atoms with Crippen LogP contribution in [0, 0.1) is 0 Å². The molecule has 18 heteroatoms. The van der Waals surface area contributed by atoms with E-state index in [1.165, 1.54) is 34.2 Å². The predicted molar refractivity (Wildman–Crippen MR) is 122 cm³/mol. The van der Waals surface area contributed by atoms with E-state index in [1.807, 2.05) is 0 Å². The highest BCUT2D eigenvalue weighted by molar-refractivity contribution is 5.72. The topological polar surface area (TPSA) is 236 Å². The second-order valence-electron chi connectivity index (χ2n) is 6.45. The molecule has 0 atom stereocenters. The molecule has 0 aliphatic rings. The van der Waals surface area contributed by atoms with Crippen LogP contribution in [0.25, 0.3) is 54.8 Å². The summed E-state index contributed by atoms with van der Waals surface area (Å²) in [6.07, 6.45) is 15.3. The van der Waals surface area contributed by atoms with Crippen molar-refractivity contribution in [2.75, 3.05) is 0 Å². The zero-order valence-corrected chi connectivity index (χ0v) is 17.8.